The van der Waals surface area contributed by atoms with E-state index in [1.54, 1.807) is 32.3 Å². The van der Waals surface area contributed by atoms with Gasteiger partial charge in [-0.25, -0.2) is 4.98 Å². The number of hydrogen-bond donors (Lipinski definition) is 14. The second-order valence-corrected chi connectivity index (χ2v) is 23.0. The molecule has 86 heavy (non-hydrogen) atoms. The van der Waals surface area contributed by atoms with Crippen molar-refractivity contribution < 1.29 is 78.8 Å². The summed E-state index contributed by atoms with van der Waals surface area (Å²) in [7, 11) is 1.69. The number of fused-ring (bicyclic) bond motifs is 2. The molecule has 3 saturated heterocycles. The Morgan fingerprint density at radius 3 is 2.16 bits per heavy atom. The molecule has 15 N–H and O–H groups in total. The molecular formula is C59H80N10O16S. The lowest BCUT2D eigenvalue weighted by atomic mass is 9.98. The number of benzene rings is 3. The Morgan fingerprint density at radius 2 is 1.48 bits per heavy atom. The summed E-state index contributed by atoms with van der Waals surface area (Å²) in [4.78, 5) is 108. The number of nitrogens with one attached hydrogen (secondary N) is 6. The number of aromatic hydroxyl groups is 1. The normalized spacial score (nSPS) is 25.6. The third-order valence-electron chi connectivity index (χ3n) is 15.3. The van der Waals surface area contributed by atoms with E-state index in [9.17, 15) is 69.3 Å². The summed E-state index contributed by atoms with van der Waals surface area (Å²) in [5.74, 6) is -7.71. The number of β-amino-alcohol motifs (C(OH)–C–C–N with tert-alkyl or cyclic N) is 1. The zero-order valence-electron chi connectivity index (χ0n) is 48.5. The van der Waals surface area contributed by atoms with Gasteiger partial charge >= 0.3 is 0 Å². The molecule has 27 heteroatoms. The molecule has 4 heterocycles. The van der Waals surface area contributed by atoms with Crippen LogP contribution in [0.25, 0.3) is 21.0 Å². The number of ether oxygens (including phenoxy) is 2. The van der Waals surface area contributed by atoms with Crippen LogP contribution in [0.4, 0.5) is 0 Å². The summed E-state index contributed by atoms with van der Waals surface area (Å²) in [5.41, 5.74) is 7.75. The van der Waals surface area contributed by atoms with Gasteiger partial charge in [-0.1, -0.05) is 44.9 Å². The van der Waals surface area contributed by atoms with Crippen molar-refractivity contribution in [1.29, 1.82) is 0 Å². The third-order valence-corrected chi connectivity index (χ3v) is 16.4. The third kappa shape index (κ3) is 16.8. The molecule has 0 bridgehead atoms. The minimum Gasteiger partial charge on any atom is -0.504 e. The smallest absolute Gasteiger partial charge is 0.251 e. The second kappa shape index (κ2) is 30.8. The molecule has 3 fully saturated rings. The standard InChI is InChI=1S/C59H80N10O16S/c1-5-6-7-21-84-39-15-13-36(14-16-39)57-63-28-46(86-57)34-9-11-35(12-10-34)52(77)64-40-25-37(71)27-62-56(81)50-51(76)31(2)29-69(50)59(83)49(43(74)18-19-60)67-55(80)48(44(75)23-33-8-17-42(73)45(24-33)85-22-20-61-4)66-54(79)41-26-38(72)30-68(41)58(82)47(32(3)70)65-53(40)78/h8-17,24,28,31-32,37-38,40-41,43-44,47-51,61,70-76H,5-7,18-23,25-27,29-30,60H2,1-4H3,(H,62,81)(H,64,77)(H,65,78)(H,66,79)(H,67,80)/t31-,32+,37+,38+,40-,41-,43+,44+,47-,48-,49-,50-,51-/m0/s1. The lowest BCUT2D eigenvalue weighted by Crippen LogP contribution is -2.64. The Morgan fingerprint density at radius 1 is 0.791 bits per heavy atom. The molecule has 0 radical (unpaired) electrons. The van der Waals surface area contributed by atoms with Crippen molar-refractivity contribution in [2.45, 2.75) is 139 Å². The fourth-order valence-electron chi connectivity index (χ4n) is 10.5. The maximum Gasteiger partial charge on any atom is 0.251 e. The van der Waals surface area contributed by atoms with Crippen LogP contribution < -0.4 is 47.1 Å². The quantitative estimate of drug-likeness (QED) is 0.0455. The van der Waals surface area contributed by atoms with Gasteiger partial charge in [0.15, 0.2) is 11.5 Å². The van der Waals surface area contributed by atoms with Crippen molar-refractivity contribution in [2.24, 2.45) is 11.7 Å². The number of carbonyl (C=O) groups is 7. The van der Waals surface area contributed by atoms with Crippen LogP contribution in [0, 0.1) is 5.92 Å². The number of phenolic OH excluding ortho intramolecular Hbond substituents is 1. The van der Waals surface area contributed by atoms with Crippen molar-refractivity contribution in [3.63, 3.8) is 0 Å². The number of unbranched alkanes of at least 4 members (excludes halogenated alkanes) is 2. The van der Waals surface area contributed by atoms with Gasteiger partial charge in [0.05, 0.1) is 48.1 Å². The van der Waals surface area contributed by atoms with Crippen LogP contribution in [0.15, 0.2) is 72.9 Å². The van der Waals surface area contributed by atoms with Crippen LogP contribution in [0.3, 0.4) is 0 Å². The fourth-order valence-corrected chi connectivity index (χ4v) is 11.4. The van der Waals surface area contributed by atoms with Gasteiger partial charge < -0.3 is 92.7 Å². The van der Waals surface area contributed by atoms with E-state index in [4.69, 9.17) is 15.2 Å². The second-order valence-electron chi connectivity index (χ2n) is 22.0. The van der Waals surface area contributed by atoms with Gasteiger partial charge in [0.2, 0.25) is 35.4 Å². The summed E-state index contributed by atoms with van der Waals surface area (Å²) in [5, 5.41) is 95.1. The first kappa shape index (κ1) is 66.2. The Balaban J connectivity index is 1.18. The van der Waals surface area contributed by atoms with E-state index in [1.807, 2.05) is 24.3 Å². The number of nitrogens with zero attached hydrogens (tertiary/aromatic N) is 3. The van der Waals surface area contributed by atoms with E-state index in [0.717, 1.165) is 57.2 Å². The van der Waals surface area contributed by atoms with Gasteiger partial charge in [0, 0.05) is 68.7 Å². The first-order valence-electron chi connectivity index (χ1n) is 28.9. The number of amides is 7. The van der Waals surface area contributed by atoms with E-state index in [-0.39, 0.29) is 48.7 Å². The maximum absolute atomic E-state index is 14.7. The molecule has 3 aliphatic heterocycles. The molecule has 0 saturated carbocycles. The Kier molecular flexibility index (Phi) is 23.7. The van der Waals surface area contributed by atoms with E-state index < -0.39 is 152 Å². The van der Waals surface area contributed by atoms with Gasteiger partial charge in [-0.15, -0.1) is 11.3 Å². The Hall–Kier alpha value is -7.34. The van der Waals surface area contributed by atoms with Gasteiger partial charge in [-0.05, 0) is 93.0 Å². The van der Waals surface area contributed by atoms with Crippen molar-refractivity contribution >= 4 is 52.7 Å². The number of carbonyl (C=O) groups excluding carboxylic acids is 7. The number of rotatable bonds is 20. The highest BCUT2D eigenvalue weighted by molar-refractivity contribution is 7.18. The molecule has 1 aromatic heterocycles. The first-order valence-corrected chi connectivity index (χ1v) is 29.7. The summed E-state index contributed by atoms with van der Waals surface area (Å²) in [6.07, 6.45) is -6.90. The summed E-state index contributed by atoms with van der Waals surface area (Å²) >= 11 is 1.42. The number of aliphatic hydroxyl groups excluding tert-OH is 6. The average Bonchev–Trinajstić information content (AvgIpc) is 3.04. The van der Waals surface area contributed by atoms with E-state index in [0.29, 0.717) is 18.7 Å². The topological polar surface area (TPSA) is 397 Å². The zero-order valence-corrected chi connectivity index (χ0v) is 49.3. The largest absolute Gasteiger partial charge is 0.504 e. The molecule has 7 amide bonds. The van der Waals surface area contributed by atoms with Gasteiger partial charge in [-0.2, -0.15) is 0 Å². The van der Waals surface area contributed by atoms with Crippen LogP contribution in [-0.2, 0) is 35.2 Å². The number of nitrogens with two attached hydrogens (primary N) is 1. The molecule has 26 nitrogen and oxygen atoms in total. The van der Waals surface area contributed by atoms with Crippen molar-refractivity contribution in [1.82, 2.24) is 46.7 Å². The Labute approximate surface area is 501 Å². The van der Waals surface area contributed by atoms with Gasteiger partial charge in [-0.3, -0.25) is 33.6 Å². The number of phenols is 1. The number of aromatic nitrogens is 1. The molecule has 0 unspecified atom stereocenters. The van der Waals surface area contributed by atoms with Crippen LogP contribution in [0.2, 0.25) is 0 Å². The fraction of sp³-hybridized carbons (Fsp3) is 0.525. The summed E-state index contributed by atoms with van der Waals surface area (Å²) in [6, 6.07) is 7.19. The highest BCUT2D eigenvalue weighted by atomic mass is 32.1. The van der Waals surface area contributed by atoms with Crippen LogP contribution in [0.5, 0.6) is 17.2 Å². The molecule has 4 aromatic rings. The van der Waals surface area contributed by atoms with Crippen LogP contribution in [-0.4, -0.2) is 218 Å². The molecule has 3 aromatic carbocycles. The highest BCUT2D eigenvalue weighted by Gasteiger charge is 2.50. The Bertz CT molecular complexity index is 2970. The molecule has 3 aliphatic rings. The minimum atomic E-state index is -2.03. The number of aliphatic hydroxyl groups is 6. The van der Waals surface area contributed by atoms with Crippen molar-refractivity contribution in [2.75, 3.05) is 53.0 Å². The van der Waals surface area contributed by atoms with Gasteiger partial charge in [0.1, 0.15) is 53.6 Å². The highest BCUT2D eigenvalue weighted by Crippen LogP contribution is 2.34. The lowest BCUT2D eigenvalue weighted by Gasteiger charge is -2.34. The SMILES string of the molecule is CCCCCOc1ccc(-c2ncc(-c3ccc(C(=O)N[C@H]4C[C@@H](O)CNC(=O)[C@@H]5[C@@H](O)[C@@H](C)CN5C(=O)[C@H]([C@H](O)CCN)NC(=O)[C@H]([C@H](O)Cc5ccc(O)c(OCCNC)c5)NC(=O)[C@@H]5C[C@@H](O)CN5C(=O)[C@H]([C@@H](C)O)NC4=O)cc3)s2)cc1. The van der Waals surface area contributed by atoms with Crippen LogP contribution in [0.1, 0.15) is 75.2 Å². The predicted octanol–water partition coefficient (Wildman–Crippen LogP) is -1.35. The summed E-state index contributed by atoms with van der Waals surface area (Å²) < 4.78 is 11.5. The maximum atomic E-state index is 14.7. The molecule has 7 rings (SSSR count). The average molecular weight is 1220 g/mol. The molecule has 468 valence electrons. The molecule has 0 spiro atoms. The predicted molar refractivity (Wildman–Crippen MR) is 314 cm³/mol. The molecular weight excluding hydrogens is 1140 g/mol. The van der Waals surface area contributed by atoms with E-state index in [1.165, 1.54) is 41.7 Å². The number of thiazole rings is 1. The van der Waals surface area contributed by atoms with Crippen molar-refractivity contribution in [3.05, 3.63) is 84.1 Å². The van der Waals surface area contributed by atoms with E-state index >= 15 is 0 Å². The molecule has 13 atom stereocenters. The first-order chi connectivity index (χ1) is 41.1. The summed E-state index contributed by atoms with van der Waals surface area (Å²) in [6.45, 7) is 4.33. The lowest BCUT2D eigenvalue weighted by molar-refractivity contribution is -0.147. The van der Waals surface area contributed by atoms with Crippen LogP contribution >= 0.6 is 11.3 Å². The van der Waals surface area contributed by atoms with Gasteiger partial charge in [0.25, 0.3) is 5.91 Å². The number of hydrogen-bond acceptors (Lipinski definition) is 20. The van der Waals surface area contributed by atoms with E-state index in [2.05, 4.69) is 43.8 Å². The minimum absolute atomic E-state index is 0.0214. The monoisotopic (exact) mass is 1220 g/mol. The zero-order chi connectivity index (χ0) is 62.4. The number of likely N-dealkylation sites (N-methyl/N-ethyl adjacent to an activating group) is 1. The molecule has 0 aliphatic carbocycles. The van der Waals surface area contributed by atoms with Crippen molar-refractivity contribution in [3.8, 4) is 38.3 Å².